The minimum atomic E-state index is 0.272. The van der Waals surface area contributed by atoms with Crippen molar-refractivity contribution in [3.05, 3.63) is 23.8 Å². The van der Waals surface area contributed by atoms with Gasteiger partial charge in [-0.05, 0) is 30.4 Å². The van der Waals surface area contributed by atoms with E-state index in [0.29, 0.717) is 12.6 Å². The number of phenols is 1. The molecule has 1 aromatic carbocycles. The molecule has 4 atom stereocenters. The van der Waals surface area contributed by atoms with E-state index in [1.165, 1.54) is 24.8 Å². The van der Waals surface area contributed by atoms with Crippen LogP contribution in [0.4, 0.5) is 0 Å². The van der Waals surface area contributed by atoms with Crippen molar-refractivity contribution in [2.45, 2.75) is 45.2 Å². The van der Waals surface area contributed by atoms with Crippen molar-refractivity contribution in [3.8, 4) is 11.5 Å². The van der Waals surface area contributed by atoms with Gasteiger partial charge in [0.25, 0.3) is 0 Å². The van der Waals surface area contributed by atoms with E-state index in [4.69, 9.17) is 4.74 Å². The number of ether oxygens (including phenoxy) is 1. The Kier molecular flexibility index (Phi) is 3.40. The fourth-order valence-corrected chi connectivity index (χ4v) is 3.41. The Labute approximate surface area is 115 Å². The highest BCUT2D eigenvalue weighted by Crippen LogP contribution is 2.37. The van der Waals surface area contributed by atoms with Crippen LogP contribution in [-0.2, 0) is 0 Å². The van der Waals surface area contributed by atoms with Gasteiger partial charge in [-0.1, -0.05) is 26.7 Å². The maximum atomic E-state index is 9.48. The van der Waals surface area contributed by atoms with E-state index in [1.54, 1.807) is 12.1 Å². The molecule has 1 saturated carbocycles. The second-order valence-corrected chi connectivity index (χ2v) is 6.13. The van der Waals surface area contributed by atoms with E-state index in [1.807, 2.05) is 6.07 Å². The van der Waals surface area contributed by atoms with Crippen LogP contribution in [0.15, 0.2) is 18.2 Å². The molecule has 3 heteroatoms. The first-order valence-electron chi connectivity index (χ1n) is 7.37. The van der Waals surface area contributed by atoms with Crippen LogP contribution in [0.1, 0.15) is 44.7 Å². The first-order chi connectivity index (χ1) is 9.15. The number of phenolic OH excluding ortho intramolecular Hbond substituents is 1. The second-order valence-electron chi connectivity index (χ2n) is 6.13. The zero-order chi connectivity index (χ0) is 13.4. The second kappa shape index (κ2) is 5.04. The van der Waals surface area contributed by atoms with E-state index in [2.05, 4.69) is 19.2 Å². The quantitative estimate of drug-likeness (QED) is 0.858. The molecule has 3 nitrogen and oxygen atoms in total. The lowest BCUT2D eigenvalue weighted by molar-refractivity contribution is 0.183. The number of hydrogen-bond acceptors (Lipinski definition) is 3. The molecule has 1 aliphatic heterocycles. The van der Waals surface area contributed by atoms with Crippen molar-refractivity contribution in [2.75, 3.05) is 6.61 Å². The number of fused-ring (bicyclic) bond motifs is 1. The van der Waals surface area contributed by atoms with Crippen LogP contribution >= 0.6 is 0 Å². The van der Waals surface area contributed by atoms with Crippen molar-refractivity contribution in [3.63, 3.8) is 0 Å². The predicted octanol–water partition coefficient (Wildman–Crippen LogP) is 3.24. The number of hydrogen-bond donors (Lipinski definition) is 2. The summed E-state index contributed by atoms with van der Waals surface area (Å²) in [6.07, 6.45) is 3.93. The summed E-state index contributed by atoms with van der Waals surface area (Å²) in [6.45, 7) is 5.39. The molecule has 4 unspecified atom stereocenters. The Balaban J connectivity index is 1.72. The van der Waals surface area contributed by atoms with Crippen LogP contribution in [0.25, 0.3) is 0 Å². The topological polar surface area (TPSA) is 41.5 Å². The smallest absolute Gasteiger partial charge is 0.127 e. The molecule has 0 radical (unpaired) electrons. The van der Waals surface area contributed by atoms with Gasteiger partial charge in [-0.25, -0.2) is 0 Å². The van der Waals surface area contributed by atoms with E-state index in [-0.39, 0.29) is 11.8 Å². The van der Waals surface area contributed by atoms with Crippen LogP contribution in [0, 0.1) is 11.8 Å². The van der Waals surface area contributed by atoms with Crippen molar-refractivity contribution in [1.29, 1.82) is 0 Å². The van der Waals surface area contributed by atoms with E-state index in [0.717, 1.165) is 17.6 Å². The fourth-order valence-electron chi connectivity index (χ4n) is 3.41. The van der Waals surface area contributed by atoms with Gasteiger partial charge < -0.3 is 15.2 Å². The molecule has 0 aromatic heterocycles. The Morgan fingerprint density at radius 3 is 2.95 bits per heavy atom. The summed E-state index contributed by atoms with van der Waals surface area (Å²) in [7, 11) is 0. The number of benzene rings is 1. The molecular formula is C16H23NO2. The summed E-state index contributed by atoms with van der Waals surface area (Å²) in [5.74, 6) is 2.62. The van der Waals surface area contributed by atoms with Gasteiger partial charge in [-0.2, -0.15) is 0 Å². The summed E-state index contributed by atoms with van der Waals surface area (Å²) >= 11 is 0. The van der Waals surface area contributed by atoms with Gasteiger partial charge in [0, 0.05) is 17.7 Å². The number of rotatable bonds is 2. The van der Waals surface area contributed by atoms with Crippen LogP contribution < -0.4 is 10.1 Å². The molecule has 2 N–H and O–H groups in total. The number of nitrogens with one attached hydrogen (secondary N) is 1. The summed E-state index contributed by atoms with van der Waals surface area (Å²) in [5.41, 5.74) is 1.18. The molecule has 3 rings (SSSR count). The third kappa shape index (κ3) is 2.44. The Morgan fingerprint density at radius 1 is 1.26 bits per heavy atom. The molecule has 1 fully saturated rings. The average molecular weight is 261 g/mol. The van der Waals surface area contributed by atoms with Crippen LogP contribution in [0.5, 0.6) is 11.5 Å². The Hall–Kier alpha value is -1.22. The maximum absolute atomic E-state index is 9.48. The van der Waals surface area contributed by atoms with Crippen LogP contribution in [0.3, 0.4) is 0 Å². The normalized spacial score (nSPS) is 33.8. The molecular weight excluding hydrogens is 238 g/mol. The third-order valence-electron chi connectivity index (χ3n) is 4.90. The Bertz CT molecular complexity index is 460. The first kappa shape index (κ1) is 12.8. The highest BCUT2D eigenvalue weighted by Gasteiger charge is 2.32. The van der Waals surface area contributed by atoms with Gasteiger partial charge in [0.2, 0.25) is 0 Å². The molecule has 104 valence electrons. The Morgan fingerprint density at radius 2 is 2.11 bits per heavy atom. The van der Waals surface area contributed by atoms with E-state index >= 15 is 0 Å². The molecule has 0 spiro atoms. The van der Waals surface area contributed by atoms with Gasteiger partial charge in [0.05, 0.1) is 6.04 Å². The predicted molar refractivity (Wildman–Crippen MR) is 75.4 cm³/mol. The number of aromatic hydroxyl groups is 1. The summed E-state index contributed by atoms with van der Waals surface area (Å²) in [4.78, 5) is 0. The summed E-state index contributed by atoms with van der Waals surface area (Å²) in [6, 6.07) is 6.29. The van der Waals surface area contributed by atoms with E-state index in [9.17, 15) is 5.11 Å². The molecule has 1 aliphatic carbocycles. The monoisotopic (exact) mass is 261 g/mol. The lowest BCUT2D eigenvalue weighted by Gasteiger charge is -2.36. The SMILES string of the molecule is CC1CCCC(NC2COc3cc(O)ccc32)C1C. The zero-order valence-electron chi connectivity index (χ0n) is 11.7. The molecule has 0 amide bonds. The standard InChI is InChI=1S/C16H23NO2/c1-10-4-3-5-14(11(10)2)17-15-9-19-16-8-12(18)6-7-13(15)16/h6-8,10-11,14-15,17-18H,3-5,9H2,1-2H3. The van der Waals surface area contributed by atoms with E-state index < -0.39 is 0 Å². The third-order valence-corrected chi connectivity index (χ3v) is 4.90. The molecule has 0 saturated heterocycles. The van der Waals surface area contributed by atoms with Gasteiger partial charge in [-0.15, -0.1) is 0 Å². The molecule has 1 aromatic rings. The molecule has 1 heterocycles. The molecule has 2 aliphatic rings. The summed E-state index contributed by atoms with van der Waals surface area (Å²) in [5, 5.41) is 13.2. The molecule has 19 heavy (non-hydrogen) atoms. The van der Waals surface area contributed by atoms with Crippen molar-refractivity contribution in [2.24, 2.45) is 11.8 Å². The van der Waals surface area contributed by atoms with Crippen LogP contribution in [-0.4, -0.2) is 17.8 Å². The lowest BCUT2D eigenvalue weighted by atomic mass is 9.77. The summed E-state index contributed by atoms with van der Waals surface area (Å²) < 4.78 is 5.67. The van der Waals surface area contributed by atoms with Gasteiger partial charge >= 0.3 is 0 Å². The van der Waals surface area contributed by atoms with Crippen LogP contribution in [0.2, 0.25) is 0 Å². The van der Waals surface area contributed by atoms with Gasteiger partial charge in [0.1, 0.15) is 18.1 Å². The van der Waals surface area contributed by atoms with Gasteiger partial charge in [0.15, 0.2) is 0 Å². The average Bonchev–Trinajstić information content (AvgIpc) is 2.77. The first-order valence-corrected chi connectivity index (χ1v) is 7.37. The minimum Gasteiger partial charge on any atom is -0.508 e. The molecule has 0 bridgehead atoms. The maximum Gasteiger partial charge on any atom is 0.127 e. The highest BCUT2D eigenvalue weighted by molar-refractivity contribution is 5.44. The fraction of sp³-hybridized carbons (Fsp3) is 0.625. The van der Waals surface area contributed by atoms with Crippen molar-refractivity contribution >= 4 is 0 Å². The van der Waals surface area contributed by atoms with Crippen molar-refractivity contribution < 1.29 is 9.84 Å². The lowest BCUT2D eigenvalue weighted by Crippen LogP contribution is -2.42. The van der Waals surface area contributed by atoms with Gasteiger partial charge in [-0.3, -0.25) is 0 Å². The van der Waals surface area contributed by atoms with Crippen molar-refractivity contribution in [1.82, 2.24) is 5.32 Å². The largest absolute Gasteiger partial charge is 0.508 e. The zero-order valence-corrected chi connectivity index (χ0v) is 11.7. The highest BCUT2D eigenvalue weighted by atomic mass is 16.5. The minimum absolute atomic E-state index is 0.272.